The van der Waals surface area contributed by atoms with Gasteiger partial charge in [-0.05, 0) is 24.3 Å². The maximum absolute atomic E-state index is 13.5. The van der Waals surface area contributed by atoms with Gasteiger partial charge in [0.2, 0.25) is 17.7 Å². The Kier molecular flexibility index (Phi) is 5.04. The van der Waals surface area contributed by atoms with Gasteiger partial charge >= 0.3 is 0 Å². The number of carbonyl (C=O) groups excluding carboxylic acids is 1. The minimum absolute atomic E-state index is 0.0715. The van der Waals surface area contributed by atoms with E-state index in [-0.39, 0.29) is 24.6 Å². The van der Waals surface area contributed by atoms with Crippen LogP contribution in [0.1, 0.15) is 12.3 Å². The van der Waals surface area contributed by atoms with Gasteiger partial charge in [-0.3, -0.25) is 4.79 Å². The molecule has 8 heteroatoms. The van der Waals surface area contributed by atoms with Crippen molar-refractivity contribution in [3.63, 3.8) is 0 Å². The van der Waals surface area contributed by atoms with Crippen molar-refractivity contribution in [3.05, 3.63) is 65.0 Å². The van der Waals surface area contributed by atoms with E-state index in [0.29, 0.717) is 10.6 Å². The van der Waals surface area contributed by atoms with Crippen molar-refractivity contribution in [2.75, 3.05) is 5.32 Å². The Morgan fingerprint density at radius 3 is 2.52 bits per heavy atom. The molecule has 0 atom stereocenters. The van der Waals surface area contributed by atoms with Gasteiger partial charge < -0.3 is 9.73 Å². The molecule has 2 aromatic carbocycles. The molecule has 0 spiro atoms. The van der Waals surface area contributed by atoms with E-state index in [0.717, 1.165) is 12.1 Å². The van der Waals surface area contributed by atoms with Crippen LogP contribution in [0.2, 0.25) is 5.02 Å². The SMILES string of the molecule is O=C(CCc1nnc(-c2ccccc2Cl)o1)Nc1c(F)cccc1F. The molecule has 5 nitrogen and oxygen atoms in total. The molecule has 1 heterocycles. The number of anilines is 1. The average Bonchev–Trinajstić information content (AvgIpc) is 3.06. The molecule has 0 aliphatic carbocycles. The van der Waals surface area contributed by atoms with Crippen molar-refractivity contribution >= 4 is 23.2 Å². The molecule has 0 aliphatic rings. The highest BCUT2D eigenvalue weighted by molar-refractivity contribution is 6.33. The molecule has 3 aromatic rings. The van der Waals surface area contributed by atoms with Crippen LogP contribution in [0.4, 0.5) is 14.5 Å². The van der Waals surface area contributed by atoms with E-state index in [1.807, 2.05) is 0 Å². The molecule has 0 aliphatic heterocycles. The molecule has 1 aromatic heterocycles. The molecular formula is C17H12ClF2N3O2. The highest BCUT2D eigenvalue weighted by atomic mass is 35.5. The number of aryl methyl sites for hydroxylation is 1. The fourth-order valence-corrected chi connectivity index (χ4v) is 2.35. The Morgan fingerprint density at radius 2 is 1.80 bits per heavy atom. The van der Waals surface area contributed by atoms with Crippen molar-refractivity contribution in [1.29, 1.82) is 0 Å². The molecule has 0 radical (unpaired) electrons. The van der Waals surface area contributed by atoms with Gasteiger partial charge in [0.15, 0.2) is 0 Å². The number of nitrogens with zero attached hydrogens (tertiary/aromatic N) is 2. The van der Waals surface area contributed by atoms with Gasteiger partial charge in [0, 0.05) is 12.8 Å². The molecule has 0 saturated heterocycles. The summed E-state index contributed by atoms with van der Waals surface area (Å²) in [5, 5.41) is 10.4. The molecule has 0 saturated carbocycles. The third kappa shape index (κ3) is 4.00. The van der Waals surface area contributed by atoms with Crippen LogP contribution in [-0.4, -0.2) is 16.1 Å². The van der Waals surface area contributed by atoms with Crippen LogP contribution in [0.25, 0.3) is 11.5 Å². The maximum atomic E-state index is 13.5. The summed E-state index contributed by atoms with van der Waals surface area (Å²) in [6, 6.07) is 10.3. The van der Waals surface area contributed by atoms with E-state index < -0.39 is 23.2 Å². The second-order valence-corrected chi connectivity index (χ2v) is 5.53. The second-order valence-electron chi connectivity index (χ2n) is 5.13. The summed E-state index contributed by atoms with van der Waals surface area (Å²) in [7, 11) is 0. The monoisotopic (exact) mass is 363 g/mol. The lowest BCUT2D eigenvalue weighted by molar-refractivity contribution is -0.116. The Hall–Kier alpha value is -2.80. The molecule has 3 rings (SSSR count). The zero-order chi connectivity index (χ0) is 17.8. The van der Waals surface area contributed by atoms with Crippen LogP contribution >= 0.6 is 11.6 Å². The van der Waals surface area contributed by atoms with Gasteiger partial charge in [-0.25, -0.2) is 8.78 Å². The normalized spacial score (nSPS) is 10.7. The van der Waals surface area contributed by atoms with Gasteiger partial charge in [0.1, 0.15) is 17.3 Å². The van der Waals surface area contributed by atoms with Crippen LogP contribution in [0.15, 0.2) is 46.9 Å². The number of halogens is 3. The average molecular weight is 364 g/mol. The summed E-state index contributed by atoms with van der Waals surface area (Å²) in [6.45, 7) is 0. The minimum atomic E-state index is -0.841. The topological polar surface area (TPSA) is 68.0 Å². The largest absolute Gasteiger partial charge is 0.421 e. The van der Waals surface area contributed by atoms with Gasteiger partial charge in [-0.2, -0.15) is 0 Å². The number of amides is 1. The first kappa shape index (κ1) is 17.0. The van der Waals surface area contributed by atoms with Crippen LogP contribution < -0.4 is 5.32 Å². The zero-order valence-electron chi connectivity index (χ0n) is 12.8. The van der Waals surface area contributed by atoms with Crippen LogP contribution in [0.5, 0.6) is 0 Å². The van der Waals surface area contributed by atoms with Gasteiger partial charge in [0.05, 0.1) is 10.6 Å². The Balaban J connectivity index is 1.63. The fraction of sp³-hybridized carbons (Fsp3) is 0.118. The van der Waals surface area contributed by atoms with E-state index in [1.54, 1.807) is 24.3 Å². The first-order valence-corrected chi connectivity index (χ1v) is 7.73. The summed E-state index contributed by atoms with van der Waals surface area (Å²) >= 11 is 6.05. The molecular weight excluding hydrogens is 352 g/mol. The Bertz CT molecular complexity index is 894. The molecule has 1 amide bonds. The van der Waals surface area contributed by atoms with E-state index in [2.05, 4.69) is 15.5 Å². The predicted octanol–water partition coefficient (Wildman–Crippen LogP) is 4.24. The zero-order valence-corrected chi connectivity index (χ0v) is 13.6. The standard InChI is InChI=1S/C17H12ClF2N3O2/c18-11-5-2-1-4-10(11)17-23-22-15(25-17)9-8-14(24)21-16-12(19)6-3-7-13(16)20/h1-7H,8-9H2,(H,21,24). The van der Waals surface area contributed by atoms with Crippen LogP contribution in [0.3, 0.4) is 0 Å². The van der Waals surface area contributed by atoms with Crippen molar-refractivity contribution in [2.24, 2.45) is 0 Å². The molecule has 0 fully saturated rings. The third-order valence-electron chi connectivity index (χ3n) is 3.36. The lowest BCUT2D eigenvalue weighted by Crippen LogP contribution is -2.14. The van der Waals surface area contributed by atoms with E-state index >= 15 is 0 Å². The first-order chi connectivity index (χ1) is 12.0. The maximum Gasteiger partial charge on any atom is 0.249 e. The predicted molar refractivity (Wildman–Crippen MR) is 88.1 cm³/mol. The quantitative estimate of drug-likeness (QED) is 0.736. The van der Waals surface area contributed by atoms with E-state index in [4.69, 9.17) is 16.0 Å². The molecule has 128 valence electrons. The Labute approximate surface area is 146 Å². The van der Waals surface area contributed by atoms with E-state index in [1.165, 1.54) is 6.07 Å². The number of hydrogen-bond acceptors (Lipinski definition) is 4. The summed E-state index contributed by atoms with van der Waals surface area (Å²) in [5.74, 6) is -1.79. The lowest BCUT2D eigenvalue weighted by atomic mass is 10.2. The third-order valence-corrected chi connectivity index (χ3v) is 3.69. The fourth-order valence-electron chi connectivity index (χ4n) is 2.14. The summed E-state index contributed by atoms with van der Waals surface area (Å²) < 4.78 is 32.5. The van der Waals surface area contributed by atoms with Crippen LogP contribution in [0, 0.1) is 11.6 Å². The molecule has 1 N–H and O–H groups in total. The van der Waals surface area contributed by atoms with Gasteiger partial charge in [-0.1, -0.05) is 29.8 Å². The van der Waals surface area contributed by atoms with Crippen molar-refractivity contribution in [3.8, 4) is 11.5 Å². The summed E-state index contributed by atoms with van der Waals surface area (Å²) in [4.78, 5) is 11.9. The number of carbonyl (C=O) groups is 1. The van der Waals surface area contributed by atoms with Crippen molar-refractivity contribution in [1.82, 2.24) is 10.2 Å². The summed E-state index contributed by atoms with van der Waals surface area (Å²) in [6.07, 6.45) is 0.0529. The number of para-hydroxylation sites is 1. The number of hydrogen-bond donors (Lipinski definition) is 1. The Morgan fingerprint density at radius 1 is 1.08 bits per heavy atom. The van der Waals surface area contributed by atoms with E-state index in [9.17, 15) is 13.6 Å². The smallest absolute Gasteiger partial charge is 0.249 e. The highest BCUT2D eigenvalue weighted by Gasteiger charge is 2.15. The first-order valence-electron chi connectivity index (χ1n) is 7.36. The second kappa shape index (κ2) is 7.40. The van der Waals surface area contributed by atoms with Gasteiger partial charge in [0.25, 0.3) is 0 Å². The van der Waals surface area contributed by atoms with Crippen molar-refractivity contribution in [2.45, 2.75) is 12.8 Å². The number of aromatic nitrogens is 2. The van der Waals surface area contributed by atoms with Crippen molar-refractivity contribution < 1.29 is 18.0 Å². The molecule has 0 unspecified atom stereocenters. The molecule has 0 bridgehead atoms. The number of rotatable bonds is 5. The minimum Gasteiger partial charge on any atom is -0.421 e. The highest BCUT2D eigenvalue weighted by Crippen LogP contribution is 2.26. The molecule has 25 heavy (non-hydrogen) atoms. The summed E-state index contributed by atoms with van der Waals surface area (Å²) in [5.41, 5.74) is 0.107. The number of benzene rings is 2. The van der Waals surface area contributed by atoms with Crippen LogP contribution in [-0.2, 0) is 11.2 Å². The lowest BCUT2D eigenvalue weighted by Gasteiger charge is -2.06. The number of nitrogens with one attached hydrogen (secondary N) is 1. The van der Waals surface area contributed by atoms with Gasteiger partial charge in [-0.15, -0.1) is 10.2 Å².